The van der Waals surface area contributed by atoms with Gasteiger partial charge in [0.2, 0.25) is 0 Å². The lowest BCUT2D eigenvalue weighted by Crippen LogP contribution is -2.26. The van der Waals surface area contributed by atoms with Crippen LogP contribution in [0.4, 0.5) is 11.4 Å². The maximum absolute atomic E-state index is 4.66. The minimum atomic E-state index is 0.598. The first kappa shape index (κ1) is 30.9. The molecule has 0 spiro atoms. The van der Waals surface area contributed by atoms with Gasteiger partial charge in [0.15, 0.2) is 0 Å². The minimum absolute atomic E-state index is 0.598. The third-order valence-corrected chi connectivity index (χ3v) is 7.85. The van der Waals surface area contributed by atoms with Gasteiger partial charge >= 0.3 is 0 Å². The first-order valence-electron chi connectivity index (χ1n) is 14.8. The van der Waals surface area contributed by atoms with Crippen LogP contribution in [-0.4, -0.2) is 19.8 Å². The van der Waals surface area contributed by atoms with Crippen molar-refractivity contribution in [2.75, 3.05) is 18.5 Å². The highest BCUT2D eigenvalue weighted by Crippen LogP contribution is 2.41. The maximum atomic E-state index is 4.66. The van der Waals surface area contributed by atoms with Crippen molar-refractivity contribution in [1.29, 1.82) is 0 Å². The van der Waals surface area contributed by atoms with Crippen LogP contribution in [0.15, 0.2) is 84.9 Å². The molecule has 40 heavy (non-hydrogen) atoms. The zero-order chi connectivity index (χ0) is 29.2. The molecule has 0 radical (unpaired) electrons. The van der Waals surface area contributed by atoms with Crippen molar-refractivity contribution in [1.82, 2.24) is 0 Å². The second-order valence-electron chi connectivity index (χ2n) is 11.0. The largest absolute Gasteiger partial charge is 0.340 e. The summed E-state index contributed by atoms with van der Waals surface area (Å²) < 4.78 is 0. The zero-order valence-electron chi connectivity index (χ0n) is 25.8. The monoisotopic (exact) mass is 532 g/mol. The lowest BCUT2D eigenvalue weighted by molar-refractivity contribution is 0.458. The van der Waals surface area contributed by atoms with Gasteiger partial charge in [0, 0.05) is 36.7 Å². The number of benzene rings is 3. The van der Waals surface area contributed by atoms with Gasteiger partial charge in [-0.05, 0) is 97.2 Å². The van der Waals surface area contributed by atoms with E-state index < -0.39 is 0 Å². The maximum Gasteiger partial charge on any atom is 0.0490 e. The third kappa shape index (κ3) is 7.30. The van der Waals surface area contributed by atoms with Crippen molar-refractivity contribution >= 4 is 28.7 Å². The van der Waals surface area contributed by atoms with Crippen LogP contribution in [0.2, 0.25) is 0 Å². The lowest BCUT2D eigenvalue weighted by atomic mass is 9.86. The van der Waals surface area contributed by atoms with Gasteiger partial charge < -0.3 is 4.90 Å². The molecule has 0 aliphatic rings. The molecule has 0 N–H and O–H groups in total. The number of aliphatic imine (C=N–C) groups is 1. The number of para-hydroxylation sites is 1. The molecule has 3 rings (SSSR count). The van der Waals surface area contributed by atoms with Crippen molar-refractivity contribution in [3.63, 3.8) is 0 Å². The Morgan fingerprint density at radius 3 is 2.23 bits per heavy atom. The Hall–Kier alpha value is -3.65. The first-order chi connectivity index (χ1) is 19.2. The molecule has 3 aromatic rings. The normalized spacial score (nSPS) is 12.5. The molecule has 2 heteroatoms. The molecule has 0 aromatic heterocycles. The van der Waals surface area contributed by atoms with E-state index >= 15 is 0 Å². The van der Waals surface area contributed by atoms with Crippen LogP contribution in [-0.2, 0) is 0 Å². The summed E-state index contributed by atoms with van der Waals surface area (Å²) in [5.41, 5.74) is 13.1. The molecule has 0 fully saturated rings. The fourth-order valence-corrected chi connectivity index (χ4v) is 5.91. The average Bonchev–Trinajstić information content (AvgIpc) is 2.92. The fraction of sp³-hybridized carbons (Fsp3) is 0.342. The van der Waals surface area contributed by atoms with Crippen molar-refractivity contribution in [3.8, 4) is 0 Å². The number of unbranched alkanes of at least 4 members (excludes halogenated alkanes) is 1. The van der Waals surface area contributed by atoms with E-state index in [1.165, 1.54) is 64.0 Å². The topological polar surface area (TPSA) is 15.6 Å². The van der Waals surface area contributed by atoms with Gasteiger partial charge in [-0.25, -0.2) is 0 Å². The molecule has 2 nitrogen and oxygen atoms in total. The molecule has 1 atom stereocenters. The molecule has 0 saturated carbocycles. The van der Waals surface area contributed by atoms with Gasteiger partial charge in [0.05, 0.1) is 0 Å². The number of hydrogen-bond donors (Lipinski definition) is 0. The average molecular weight is 533 g/mol. The molecule has 0 aliphatic carbocycles. The quantitative estimate of drug-likeness (QED) is 0.158. The van der Waals surface area contributed by atoms with E-state index in [1.807, 2.05) is 19.3 Å². The van der Waals surface area contributed by atoms with Crippen LogP contribution in [0.1, 0.15) is 78.5 Å². The van der Waals surface area contributed by atoms with Gasteiger partial charge in [0.1, 0.15) is 0 Å². The van der Waals surface area contributed by atoms with Crippen LogP contribution in [0.25, 0.3) is 11.1 Å². The number of aryl methyl sites for hydroxylation is 4. The Bertz CT molecular complexity index is 1370. The highest BCUT2D eigenvalue weighted by atomic mass is 15.1. The summed E-state index contributed by atoms with van der Waals surface area (Å²) in [6, 6.07) is 20.0. The van der Waals surface area contributed by atoms with E-state index in [4.69, 9.17) is 0 Å². The summed E-state index contributed by atoms with van der Waals surface area (Å²) >= 11 is 0. The second kappa shape index (κ2) is 14.7. The summed E-state index contributed by atoms with van der Waals surface area (Å²) in [6.07, 6.45) is 10.8. The molecule has 1 unspecified atom stereocenters. The Kier molecular flexibility index (Phi) is 11.3. The zero-order valence-corrected chi connectivity index (χ0v) is 25.8. The Morgan fingerprint density at radius 1 is 0.925 bits per heavy atom. The molecule has 0 saturated heterocycles. The van der Waals surface area contributed by atoms with Crippen LogP contribution >= 0.6 is 0 Å². The van der Waals surface area contributed by atoms with E-state index in [0.29, 0.717) is 5.92 Å². The van der Waals surface area contributed by atoms with Crippen LogP contribution in [0.5, 0.6) is 0 Å². The van der Waals surface area contributed by atoms with Crippen molar-refractivity contribution in [3.05, 3.63) is 119 Å². The summed E-state index contributed by atoms with van der Waals surface area (Å²) in [4.78, 5) is 6.78. The van der Waals surface area contributed by atoms with Gasteiger partial charge in [0.25, 0.3) is 0 Å². The predicted octanol–water partition coefficient (Wildman–Crippen LogP) is 10.6. The molecular weight excluding hydrogens is 484 g/mol. The summed E-state index contributed by atoms with van der Waals surface area (Å²) in [6.45, 7) is 23.1. The van der Waals surface area contributed by atoms with E-state index in [-0.39, 0.29) is 0 Å². The van der Waals surface area contributed by atoms with Crippen molar-refractivity contribution in [2.45, 2.75) is 67.2 Å². The number of anilines is 2. The highest BCUT2D eigenvalue weighted by molar-refractivity contribution is 6.08. The van der Waals surface area contributed by atoms with E-state index in [9.17, 15) is 0 Å². The molecule has 3 aromatic carbocycles. The molecule has 0 bridgehead atoms. The number of hydrogen-bond acceptors (Lipinski definition) is 2. The first-order valence-corrected chi connectivity index (χ1v) is 14.8. The smallest absolute Gasteiger partial charge is 0.0490 e. The second-order valence-corrected chi connectivity index (χ2v) is 11.0. The van der Waals surface area contributed by atoms with Gasteiger partial charge in [-0.1, -0.05) is 100 Å². The van der Waals surface area contributed by atoms with Gasteiger partial charge in [-0.2, -0.15) is 0 Å². The number of rotatable bonds is 13. The number of nitrogens with zero attached hydrogens (tertiary/aromatic N) is 2. The van der Waals surface area contributed by atoms with Gasteiger partial charge in [-0.3, -0.25) is 4.99 Å². The lowest BCUT2D eigenvalue weighted by Gasteiger charge is -2.33. The SMILES string of the molecule is C=C/C=C(/C(=C)c1c(C)cc(C)cc1C)c1ccccc1N(CC(CC)CCCC)c1ccc(/C=N\C)cc1C. The third-order valence-electron chi connectivity index (χ3n) is 7.85. The summed E-state index contributed by atoms with van der Waals surface area (Å²) in [7, 11) is 1.82. The Morgan fingerprint density at radius 2 is 1.62 bits per heavy atom. The van der Waals surface area contributed by atoms with E-state index in [0.717, 1.165) is 29.7 Å². The van der Waals surface area contributed by atoms with Crippen LogP contribution in [0.3, 0.4) is 0 Å². The molecule has 0 heterocycles. The highest BCUT2D eigenvalue weighted by Gasteiger charge is 2.22. The summed E-state index contributed by atoms with van der Waals surface area (Å²) in [5, 5.41) is 0. The van der Waals surface area contributed by atoms with Crippen LogP contribution < -0.4 is 4.90 Å². The summed E-state index contributed by atoms with van der Waals surface area (Å²) in [5.74, 6) is 0.598. The molecule has 0 amide bonds. The fourth-order valence-electron chi connectivity index (χ4n) is 5.91. The minimum Gasteiger partial charge on any atom is -0.340 e. The Balaban J connectivity index is 2.22. The van der Waals surface area contributed by atoms with Gasteiger partial charge in [-0.15, -0.1) is 0 Å². The van der Waals surface area contributed by atoms with Crippen molar-refractivity contribution < 1.29 is 0 Å². The Labute approximate surface area is 243 Å². The van der Waals surface area contributed by atoms with Crippen LogP contribution in [0, 0.1) is 33.6 Å². The standard InChI is InChI=1S/C38H48N2/c1-10-13-17-32(12-3)26-40(36-21-20-33(25-39-9)24-28(36)5)37-19-15-14-18-35(37)34(16-11-2)31(8)38-29(6)22-27(4)23-30(38)7/h11,14-16,18-25,32H,2,8,10,12-13,17,26H2,1,3-7,9H3/b34-16-,39-25-. The molecule has 0 aliphatic heterocycles. The predicted molar refractivity (Wildman–Crippen MR) is 179 cm³/mol. The van der Waals surface area contributed by atoms with E-state index in [2.05, 4.69) is 125 Å². The van der Waals surface area contributed by atoms with E-state index in [1.54, 1.807) is 0 Å². The molecule has 210 valence electrons. The molecular formula is C38H48N2. The number of allylic oxidation sites excluding steroid dienone is 4. The van der Waals surface area contributed by atoms with Crippen molar-refractivity contribution in [2.24, 2.45) is 10.9 Å².